The van der Waals surface area contributed by atoms with Crippen molar-refractivity contribution < 1.29 is 9.90 Å². The van der Waals surface area contributed by atoms with Gasteiger partial charge in [-0.3, -0.25) is 0 Å². The molecular weight excluding hydrogens is 188 g/mol. The first-order valence-electron chi connectivity index (χ1n) is 5.39. The van der Waals surface area contributed by atoms with Crippen molar-refractivity contribution in [3.63, 3.8) is 0 Å². The Morgan fingerprint density at radius 3 is 2.47 bits per heavy atom. The van der Waals surface area contributed by atoms with Crippen LogP contribution in [0, 0.1) is 5.92 Å². The highest BCUT2D eigenvalue weighted by Gasteiger charge is 2.08. The number of aromatic carboxylic acids is 1. The topological polar surface area (TPSA) is 37.3 Å². The molecule has 1 aromatic carbocycles. The van der Waals surface area contributed by atoms with Crippen molar-refractivity contribution in [2.75, 3.05) is 0 Å². The molecule has 0 bridgehead atoms. The molecule has 0 saturated heterocycles. The van der Waals surface area contributed by atoms with E-state index in [-0.39, 0.29) is 0 Å². The highest BCUT2D eigenvalue weighted by molar-refractivity contribution is 5.87. The van der Waals surface area contributed by atoms with Crippen LogP contribution in [-0.4, -0.2) is 11.1 Å². The molecule has 0 atom stereocenters. The molecule has 0 saturated carbocycles. The minimum absolute atomic E-state index is 0.392. The van der Waals surface area contributed by atoms with Gasteiger partial charge in [0.05, 0.1) is 5.56 Å². The molecule has 1 rings (SSSR count). The quantitative estimate of drug-likeness (QED) is 0.821. The number of aryl methyl sites for hydroxylation is 1. The van der Waals surface area contributed by atoms with Gasteiger partial charge in [-0.25, -0.2) is 4.79 Å². The van der Waals surface area contributed by atoms with Crippen LogP contribution in [0.1, 0.15) is 42.3 Å². The number of carbonyl (C=O) groups is 1. The van der Waals surface area contributed by atoms with Gasteiger partial charge in [-0.05, 0) is 42.0 Å². The lowest BCUT2D eigenvalue weighted by molar-refractivity contribution is 0.0696. The van der Waals surface area contributed by atoms with E-state index in [1.807, 2.05) is 6.07 Å². The molecule has 0 amide bonds. The fraction of sp³-hybridized carbons (Fsp3) is 0.462. The third-order valence-electron chi connectivity index (χ3n) is 2.46. The largest absolute Gasteiger partial charge is 0.478 e. The second-order valence-corrected chi connectivity index (χ2v) is 4.24. The number of carboxylic acids is 1. The first-order chi connectivity index (χ1) is 7.04. The Morgan fingerprint density at radius 2 is 2.00 bits per heavy atom. The van der Waals surface area contributed by atoms with Gasteiger partial charge in [0.1, 0.15) is 0 Å². The van der Waals surface area contributed by atoms with Gasteiger partial charge in [0.25, 0.3) is 0 Å². The van der Waals surface area contributed by atoms with Crippen LogP contribution in [0.25, 0.3) is 0 Å². The lowest BCUT2D eigenvalue weighted by Gasteiger charge is -2.11. The van der Waals surface area contributed by atoms with Crippen LogP contribution >= 0.6 is 0 Å². The summed E-state index contributed by atoms with van der Waals surface area (Å²) in [5.41, 5.74) is 2.82. The maximum absolute atomic E-state index is 10.8. The summed E-state index contributed by atoms with van der Waals surface area (Å²) in [6.07, 6.45) is 1.91. The molecule has 0 spiro atoms. The van der Waals surface area contributed by atoms with Crippen LogP contribution in [0.15, 0.2) is 18.2 Å². The van der Waals surface area contributed by atoms with Gasteiger partial charge in [-0.15, -0.1) is 0 Å². The van der Waals surface area contributed by atoms with Crippen LogP contribution in [0.2, 0.25) is 0 Å². The summed E-state index contributed by atoms with van der Waals surface area (Å²) in [5, 5.41) is 8.91. The van der Waals surface area contributed by atoms with Crippen LogP contribution < -0.4 is 0 Å². The van der Waals surface area contributed by atoms with Gasteiger partial charge in [0.15, 0.2) is 0 Å². The molecule has 1 aromatic rings. The van der Waals surface area contributed by atoms with Gasteiger partial charge in [-0.1, -0.05) is 26.8 Å². The number of carboxylic acid groups (broad SMARTS) is 1. The van der Waals surface area contributed by atoms with Crippen LogP contribution in [-0.2, 0) is 12.8 Å². The van der Waals surface area contributed by atoms with E-state index >= 15 is 0 Å². The zero-order valence-electron chi connectivity index (χ0n) is 9.58. The summed E-state index contributed by atoms with van der Waals surface area (Å²) in [4.78, 5) is 10.8. The molecule has 0 heterocycles. The third-order valence-corrected chi connectivity index (χ3v) is 2.46. The Morgan fingerprint density at radius 1 is 1.33 bits per heavy atom. The number of hydrogen-bond acceptors (Lipinski definition) is 1. The molecule has 0 aliphatic heterocycles. The lowest BCUT2D eigenvalue weighted by Crippen LogP contribution is -2.03. The minimum atomic E-state index is -0.845. The van der Waals surface area contributed by atoms with Gasteiger partial charge < -0.3 is 5.11 Å². The second-order valence-electron chi connectivity index (χ2n) is 4.24. The minimum Gasteiger partial charge on any atom is -0.478 e. The summed E-state index contributed by atoms with van der Waals surface area (Å²) in [7, 11) is 0. The van der Waals surface area contributed by atoms with E-state index in [4.69, 9.17) is 5.11 Å². The van der Waals surface area contributed by atoms with Crippen molar-refractivity contribution in [3.8, 4) is 0 Å². The Balaban J connectivity index is 3.07. The Labute approximate surface area is 90.9 Å². The van der Waals surface area contributed by atoms with E-state index in [1.165, 1.54) is 11.1 Å². The summed E-state index contributed by atoms with van der Waals surface area (Å²) < 4.78 is 0. The summed E-state index contributed by atoms with van der Waals surface area (Å²) in [5.74, 6) is -0.290. The zero-order valence-corrected chi connectivity index (χ0v) is 9.58. The van der Waals surface area contributed by atoms with Crippen LogP contribution in [0.5, 0.6) is 0 Å². The SMILES string of the molecule is CCc1ccc(C(=O)O)cc1CC(C)C. The average molecular weight is 206 g/mol. The van der Waals surface area contributed by atoms with Gasteiger partial charge in [0, 0.05) is 0 Å². The molecule has 2 heteroatoms. The van der Waals surface area contributed by atoms with Crippen LogP contribution in [0.4, 0.5) is 0 Å². The number of hydrogen-bond donors (Lipinski definition) is 1. The van der Waals surface area contributed by atoms with Crippen molar-refractivity contribution in [1.82, 2.24) is 0 Å². The van der Waals surface area contributed by atoms with Crippen molar-refractivity contribution in [3.05, 3.63) is 34.9 Å². The molecular formula is C13H18O2. The fourth-order valence-corrected chi connectivity index (χ4v) is 1.73. The monoisotopic (exact) mass is 206 g/mol. The number of benzene rings is 1. The molecule has 2 nitrogen and oxygen atoms in total. The molecule has 0 aliphatic rings. The van der Waals surface area contributed by atoms with Gasteiger partial charge in [0.2, 0.25) is 0 Å². The fourth-order valence-electron chi connectivity index (χ4n) is 1.73. The Bertz CT molecular complexity index is 354. The van der Waals surface area contributed by atoms with E-state index in [0.717, 1.165) is 12.8 Å². The summed E-state index contributed by atoms with van der Waals surface area (Å²) >= 11 is 0. The predicted molar refractivity (Wildman–Crippen MR) is 61.3 cm³/mol. The van der Waals surface area contributed by atoms with Gasteiger partial charge in [-0.2, -0.15) is 0 Å². The van der Waals surface area contributed by atoms with Crippen molar-refractivity contribution in [2.45, 2.75) is 33.6 Å². The summed E-state index contributed by atoms with van der Waals surface area (Å²) in [6, 6.07) is 5.42. The van der Waals surface area contributed by atoms with Gasteiger partial charge >= 0.3 is 5.97 Å². The molecule has 0 fully saturated rings. The molecule has 0 aliphatic carbocycles. The van der Waals surface area contributed by atoms with E-state index in [9.17, 15) is 4.79 Å². The second kappa shape index (κ2) is 4.96. The van der Waals surface area contributed by atoms with Crippen LogP contribution in [0.3, 0.4) is 0 Å². The molecule has 1 N–H and O–H groups in total. The zero-order chi connectivity index (χ0) is 11.4. The molecule has 82 valence electrons. The first-order valence-corrected chi connectivity index (χ1v) is 5.39. The maximum Gasteiger partial charge on any atom is 0.335 e. The lowest BCUT2D eigenvalue weighted by atomic mass is 9.95. The average Bonchev–Trinajstić information content (AvgIpc) is 2.16. The Kier molecular flexibility index (Phi) is 3.89. The normalized spacial score (nSPS) is 10.7. The maximum atomic E-state index is 10.8. The molecule has 0 radical (unpaired) electrons. The molecule has 0 aromatic heterocycles. The highest BCUT2D eigenvalue weighted by Crippen LogP contribution is 2.17. The standard InChI is InChI=1S/C13H18O2/c1-4-10-5-6-11(13(14)15)8-12(10)7-9(2)3/h5-6,8-9H,4,7H2,1-3H3,(H,14,15). The van der Waals surface area contributed by atoms with E-state index in [1.54, 1.807) is 12.1 Å². The highest BCUT2D eigenvalue weighted by atomic mass is 16.4. The smallest absolute Gasteiger partial charge is 0.335 e. The van der Waals surface area contributed by atoms with Crippen molar-refractivity contribution in [1.29, 1.82) is 0 Å². The molecule has 15 heavy (non-hydrogen) atoms. The van der Waals surface area contributed by atoms with E-state index < -0.39 is 5.97 Å². The third kappa shape index (κ3) is 3.08. The Hall–Kier alpha value is -1.31. The summed E-state index contributed by atoms with van der Waals surface area (Å²) in [6.45, 7) is 6.39. The predicted octanol–water partition coefficient (Wildman–Crippen LogP) is 3.15. The van der Waals surface area contributed by atoms with E-state index in [0.29, 0.717) is 11.5 Å². The van der Waals surface area contributed by atoms with E-state index in [2.05, 4.69) is 20.8 Å². The number of rotatable bonds is 4. The van der Waals surface area contributed by atoms with Crippen molar-refractivity contribution >= 4 is 5.97 Å². The first kappa shape index (κ1) is 11.8. The molecule has 0 unspecified atom stereocenters. The van der Waals surface area contributed by atoms with Crippen molar-refractivity contribution in [2.24, 2.45) is 5.92 Å².